The molecule has 2 rings (SSSR count). The minimum atomic E-state index is -0.413. The summed E-state index contributed by atoms with van der Waals surface area (Å²) in [5.74, 6) is -0.777. The van der Waals surface area contributed by atoms with Crippen molar-refractivity contribution in [2.75, 3.05) is 5.32 Å². The fourth-order valence-corrected chi connectivity index (χ4v) is 3.05. The minimum Gasteiger partial charge on any atom is -0.369 e. The lowest BCUT2D eigenvalue weighted by Gasteiger charge is -2.02. The van der Waals surface area contributed by atoms with E-state index in [1.165, 1.54) is 29.2 Å². The van der Waals surface area contributed by atoms with Gasteiger partial charge in [-0.2, -0.15) is 0 Å². The van der Waals surface area contributed by atoms with Crippen molar-refractivity contribution in [2.24, 2.45) is 5.73 Å². The third-order valence-corrected chi connectivity index (χ3v) is 4.24. The maximum atomic E-state index is 13.4. The molecule has 1 aromatic carbocycles. The molecule has 0 spiro atoms. The van der Waals surface area contributed by atoms with E-state index >= 15 is 0 Å². The van der Waals surface area contributed by atoms with Crippen LogP contribution in [0.3, 0.4) is 0 Å². The Kier molecular flexibility index (Phi) is 4.33. The predicted octanol–water partition coefficient (Wildman–Crippen LogP) is 2.39. The van der Waals surface area contributed by atoms with E-state index in [0.29, 0.717) is 15.2 Å². The highest BCUT2D eigenvalue weighted by Crippen LogP contribution is 2.30. The fourth-order valence-electron chi connectivity index (χ4n) is 1.19. The predicted molar refractivity (Wildman–Crippen MR) is 74.1 cm³/mol. The number of nitrogens with one attached hydrogen (secondary N) is 1. The van der Waals surface area contributed by atoms with Gasteiger partial charge >= 0.3 is 0 Å². The second-order valence-electron chi connectivity index (χ2n) is 3.64. The number of hydrogen-bond acceptors (Lipinski definition) is 6. The van der Waals surface area contributed by atoms with Crippen LogP contribution in [-0.4, -0.2) is 21.4 Å². The molecule has 5 nitrogen and oxygen atoms in total. The number of nitrogens with zero attached hydrogens (tertiary/aromatic N) is 2. The second-order valence-corrected chi connectivity index (χ2v) is 6.21. The normalized spacial score (nSPS) is 12.1. The summed E-state index contributed by atoms with van der Waals surface area (Å²) in [7, 11) is 0. The topological polar surface area (TPSA) is 80.9 Å². The van der Waals surface area contributed by atoms with Gasteiger partial charge in [0.05, 0.1) is 10.9 Å². The lowest BCUT2D eigenvalue weighted by atomic mass is 10.3. The highest BCUT2D eigenvalue weighted by atomic mass is 32.2. The number of rotatable bonds is 5. The Bertz CT molecular complexity index is 590. The average Bonchev–Trinajstić information content (AvgIpc) is 2.79. The Hall–Kier alpha value is -1.67. The first-order chi connectivity index (χ1) is 9.06. The molecule has 0 saturated carbocycles. The number of anilines is 2. The zero-order chi connectivity index (χ0) is 13.8. The molecule has 1 amide bonds. The van der Waals surface area contributed by atoms with Crippen LogP contribution in [0.2, 0.25) is 0 Å². The van der Waals surface area contributed by atoms with Crippen molar-refractivity contribution >= 4 is 39.8 Å². The van der Waals surface area contributed by atoms with Gasteiger partial charge < -0.3 is 11.1 Å². The molecule has 0 fully saturated rings. The molecule has 19 heavy (non-hydrogen) atoms. The lowest BCUT2D eigenvalue weighted by Crippen LogP contribution is -2.22. The first kappa shape index (κ1) is 13.8. The number of halogens is 1. The molecule has 1 heterocycles. The summed E-state index contributed by atoms with van der Waals surface area (Å²) in [4.78, 5) is 10.9. The van der Waals surface area contributed by atoms with E-state index in [4.69, 9.17) is 5.73 Å². The molecule has 100 valence electrons. The van der Waals surface area contributed by atoms with Crippen LogP contribution in [0.25, 0.3) is 0 Å². The Balaban J connectivity index is 2.06. The Morgan fingerprint density at radius 1 is 1.47 bits per heavy atom. The van der Waals surface area contributed by atoms with Crippen molar-refractivity contribution < 1.29 is 9.18 Å². The first-order valence-corrected chi connectivity index (χ1v) is 7.07. The van der Waals surface area contributed by atoms with Gasteiger partial charge in [-0.05, 0) is 19.1 Å². The van der Waals surface area contributed by atoms with Gasteiger partial charge in [0.1, 0.15) is 5.82 Å². The molecule has 0 unspecified atom stereocenters. The molecule has 0 aliphatic rings. The smallest absolute Gasteiger partial charge is 0.230 e. The largest absolute Gasteiger partial charge is 0.369 e. The molecular weight excluding hydrogens is 287 g/mol. The van der Waals surface area contributed by atoms with E-state index in [2.05, 4.69) is 15.5 Å². The molecule has 0 radical (unpaired) electrons. The van der Waals surface area contributed by atoms with E-state index < -0.39 is 5.91 Å². The van der Waals surface area contributed by atoms with Gasteiger partial charge in [0.2, 0.25) is 11.0 Å². The highest BCUT2D eigenvalue weighted by Gasteiger charge is 2.14. The summed E-state index contributed by atoms with van der Waals surface area (Å²) < 4.78 is 14.0. The summed E-state index contributed by atoms with van der Waals surface area (Å²) >= 11 is 2.46. The number of amides is 1. The van der Waals surface area contributed by atoms with Crippen molar-refractivity contribution in [2.45, 2.75) is 16.5 Å². The molecule has 8 heteroatoms. The maximum absolute atomic E-state index is 13.4. The van der Waals surface area contributed by atoms with E-state index in [1.807, 2.05) is 0 Å². The molecule has 2 aromatic rings. The maximum Gasteiger partial charge on any atom is 0.230 e. The minimum absolute atomic E-state index is 0.332. The molecule has 1 aromatic heterocycles. The molecule has 0 bridgehead atoms. The zero-order valence-corrected chi connectivity index (χ0v) is 11.6. The molecule has 1 atom stereocenters. The summed E-state index contributed by atoms with van der Waals surface area (Å²) in [5.41, 5.74) is 5.50. The van der Waals surface area contributed by atoms with Crippen LogP contribution in [0.5, 0.6) is 0 Å². The van der Waals surface area contributed by atoms with Gasteiger partial charge in [-0.3, -0.25) is 4.79 Å². The van der Waals surface area contributed by atoms with Crippen LogP contribution in [0, 0.1) is 5.82 Å². The number of hydrogen-bond donors (Lipinski definition) is 2. The monoisotopic (exact) mass is 298 g/mol. The van der Waals surface area contributed by atoms with Gasteiger partial charge in [0.15, 0.2) is 4.34 Å². The Morgan fingerprint density at radius 3 is 2.89 bits per heavy atom. The number of carbonyl (C=O) groups is 1. The number of benzene rings is 1. The zero-order valence-electron chi connectivity index (χ0n) is 9.96. The summed E-state index contributed by atoms with van der Waals surface area (Å²) in [6.45, 7) is 1.69. The van der Waals surface area contributed by atoms with Crippen LogP contribution in [0.15, 0.2) is 28.6 Å². The average molecular weight is 298 g/mol. The quantitative estimate of drug-likeness (QED) is 0.828. The number of para-hydroxylation sites is 1. The first-order valence-electron chi connectivity index (χ1n) is 5.37. The van der Waals surface area contributed by atoms with Crippen molar-refractivity contribution in [3.63, 3.8) is 0 Å². The molecular formula is C11H11FN4OS2. The van der Waals surface area contributed by atoms with E-state index in [9.17, 15) is 9.18 Å². The molecule has 0 aliphatic heterocycles. The van der Waals surface area contributed by atoms with Crippen molar-refractivity contribution in [3.05, 3.63) is 30.1 Å². The molecule has 0 saturated heterocycles. The summed E-state index contributed by atoms with van der Waals surface area (Å²) in [6.07, 6.45) is 0. The van der Waals surface area contributed by atoms with E-state index in [0.717, 1.165) is 0 Å². The third-order valence-electron chi connectivity index (χ3n) is 2.20. The van der Waals surface area contributed by atoms with Crippen LogP contribution in [0.4, 0.5) is 15.2 Å². The number of thioether (sulfide) groups is 1. The van der Waals surface area contributed by atoms with Crippen molar-refractivity contribution in [3.8, 4) is 0 Å². The second kappa shape index (κ2) is 5.98. The van der Waals surface area contributed by atoms with Crippen LogP contribution < -0.4 is 11.1 Å². The van der Waals surface area contributed by atoms with E-state index in [1.54, 1.807) is 25.1 Å². The molecule has 3 N–H and O–H groups in total. The highest BCUT2D eigenvalue weighted by molar-refractivity contribution is 8.02. The van der Waals surface area contributed by atoms with Gasteiger partial charge in [-0.25, -0.2) is 4.39 Å². The Labute approximate surface area is 117 Å². The van der Waals surface area contributed by atoms with Crippen molar-refractivity contribution in [1.29, 1.82) is 0 Å². The van der Waals surface area contributed by atoms with Crippen LogP contribution in [-0.2, 0) is 4.79 Å². The van der Waals surface area contributed by atoms with Crippen LogP contribution >= 0.6 is 23.1 Å². The van der Waals surface area contributed by atoms with Gasteiger partial charge in [-0.15, -0.1) is 10.2 Å². The van der Waals surface area contributed by atoms with E-state index in [-0.39, 0.29) is 11.1 Å². The third kappa shape index (κ3) is 3.65. The standard InChI is InChI=1S/C11H11FN4OS2/c1-6(9(13)17)18-11-16-15-10(19-11)14-8-5-3-2-4-7(8)12/h2-6H,1H3,(H2,13,17)(H,14,15)/t6-/m0/s1. The fraction of sp³-hybridized carbons (Fsp3) is 0.182. The van der Waals surface area contributed by atoms with Gasteiger partial charge in [-0.1, -0.05) is 35.2 Å². The SMILES string of the molecule is C[C@H](Sc1nnc(Nc2ccccc2F)s1)C(N)=O. The Morgan fingerprint density at radius 2 is 2.21 bits per heavy atom. The number of nitrogens with two attached hydrogens (primary N) is 1. The van der Waals surface area contributed by atoms with Crippen LogP contribution in [0.1, 0.15) is 6.92 Å². The lowest BCUT2D eigenvalue weighted by molar-refractivity contribution is -0.117. The van der Waals surface area contributed by atoms with Crippen molar-refractivity contribution in [1.82, 2.24) is 10.2 Å². The number of aromatic nitrogens is 2. The number of primary amides is 1. The van der Waals surface area contributed by atoms with Gasteiger partial charge in [0.25, 0.3) is 0 Å². The summed E-state index contributed by atoms with van der Waals surface area (Å²) in [6, 6.07) is 6.29. The molecule has 0 aliphatic carbocycles. The number of carbonyl (C=O) groups excluding carboxylic acids is 1. The summed E-state index contributed by atoms with van der Waals surface area (Å²) in [5, 5.41) is 10.7. The van der Waals surface area contributed by atoms with Gasteiger partial charge in [0, 0.05) is 0 Å².